The highest BCUT2D eigenvalue weighted by atomic mass is 16.6. The quantitative estimate of drug-likeness (QED) is 0.844. The molecule has 1 N–H and O–H groups in total. The van der Waals surface area contributed by atoms with Crippen LogP contribution < -0.4 is 0 Å². The number of esters is 1. The van der Waals surface area contributed by atoms with Gasteiger partial charge in [0.1, 0.15) is 17.2 Å². The minimum Gasteiger partial charge on any atom is -0.467 e. The van der Waals surface area contributed by atoms with Crippen molar-refractivity contribution in [2.24, 2.45) is 0 Å². The molecule has 0 saturated carbocycles. The first-order valence-electron chi connectivity index (χ1n) is 7.52. The molecule has 0 aromatic heterocycles. The Morgan fingerprint density at radius 3 is 2.39 bits per heavy atom. The fourth-order valence-electron chi connectivity index (χ4n) is 2.70. The van der Waals surface area contributed by atoms with E-state index in [9.17, 15) is 14.7 Å². The van der Waals surface area contributed by atoms with E-state index in [0.717, 1.165) is 0 Å². The Bertz CT molecular complexity index is 580. The zero-order valence-electron chi connectivity index (χ0n) is 13.9. The molecule has 1 aliphatic rings. The van der Waals surface area contributed by atoms with Gasteiger partial charge >= 0.3 is 12.1 Å². The summed E-state index contributed by atoms with van der Waals surface area (Å²) in [6.45, 7) is 5.22. The molecule has 1 amide bonds. The maximum absolute atomic E-state index is 12.4. The van der Waals surface area contributed by atoms with Crippen LogP contribution in [0.2, 0.25) is 0 Å². The number of hydrogen-bond donors (Lipinski definition) is 1. The summed E-state index contributed by atoms with van der Waals surface area (Å²) in [5.74, 6) is -0.567. The highest BCUT2D eigenvalue weighted by molar-refractivity contribution is 5.82. The van der Waals surface area contributed by atoms with Crippen LogP contribution in [0.4, 0.5) is 4.79 Å². The maximum Gasteiger partial charge on any atom is 0.411 e. The number of carbonyl (C=O) groups excluding carboxylic acids is 2. The van der Waals surface area contributed by atoms with E-state index in [0.29, 0.717) is 5.56 Å². The molecule has 1 fully saturated rings. The molecular formula is C17H23NO5. The van der Waals surface area contributed by atoms with Crippen molar-refractivity contribution in [2.45, 2.75) is 44.4 Å². The first-order chi connectivity index (χ1) is 10.7. The first kappa shape index (κ1) is 17.3. The second-order valence-electron chi connectivity index (χ2n) is 6.75. The van der Waals surface area contributed by atoms with E-state index < -0.39 is 29.3 Å². The summed E-state index contributed by atoms with van der Waals surface area (Å²) in [5.41, 5.74) is -1.35. The van der Waals surface area contributed by atoms with Crippen LogP contribution in [0.3, 0.4) is 0 Å². The predicted molar refractivity (Wildman–Crippen MR) is 83.7 cm³/mol. The first-order valence-corrected chi connectivity index (χ1v) is 7.52. The van der Waals surface area contributed by atoms with Gasteiger partial charge in [-0.25, -0.2) is 9.59 Å². The van der Waals surface area contributed by atoms with Crippen molar-refractivity contribution < 1.29 is 24.2 Å². The number of carbonyl (C=O) groups is 2. The van der Waals surface area contributed by atoms with Crippen LogP contribution in [0.5, 0.6) is 0 Å². The van der Waals surface area contributed by atoms with E-state index >= 15 is 0 Å². The predicted octanol–water partition coefficient (Wildman–Crippen LogP) is 2.06. The molecule has 0 radical (unpaired) electrons. The number of aliphatic hydroxyl groups is 1. The van der Waals surface area contributed by atoms with Gasteiger partial charge in [0.25, 0.3) is 0 Å². The number of β-amino-alcohol motifs (C(OH)–C–C–N with tert-alkyl or cyclic N) is 1. The summed E-state index contributed by atoms with van der Waals surface area (Å²) >= 11 is 0. The van der Waals surface area contributed by atoms with Crippen LogP contribution in [0.25, 0.3) is 0 Å². The molecule has 6 nitrogen and oxygen atoms in total. The molecule has 1 heterocycles. The molecule has 1 unspecified atom stereocenters. The third kappa shape index (κ3) is 3.82. The number of amides is 1. The lowest BCUT2D eigenvalue weighted by Gasteiger charge is -2.28. The number of ether oxygens (including phenoxy) is 2. The monoisotopic (exact) mass is 321 g/mol. The van der Waals surface area contributed by atoms with Crippen molar-refractivity contribution in [1.29, 1.82) is 0 Å². The standard InChI is InChI=1S/C17H23NO5/c1-16(2,3)23-15(20)18-11-17(21,10-13(18)14(19)22-4)12-8-6-5-7-9-12/h5-9,13,21H,10-11H2,1-4H3/t13-,17?/m0/s1. The maximum atomic E-state index is 12.4. The smallest absolute Gasteiger partial charge is 0.411 e. The van der Waals surface area contributed by atoms with Gasteiger partial charge in [-0.05, 0) is 26.3 Å². The lowest BCUT2D eigenvalue weighted by molar-refractivity contribution is -0.145. The fraction of sp³-hybridized carbons (Fsp3) is 0.529. The van der Waals surface area contributed by atoms with Crippen LogP contribution >= 0.6 is 0 Å². The number of methoxy groups -OCH3 is 1. The molecule has 1 saturated heterocycles. The van der Waals surface area contributed by atoms with E-state index in [4.69, 9.17) is 9.47 Å². The summed E-state index contributed by atoms with van der Waals surface area (Å²) < 4.78 is 10.1. The van der Waals surface area contributed by atoms with Crippen LogP contribution in [0.15, 0.2) is 30.3 Å². The normalized spacial score (nSPS) is 24.4. The van der Waals surface area contributed by atoms with Gasteiger partial charge in [-0.3, -0.25) is 4.90 Å². The minimum absolute atomic E-state index is 0.0221. The topological polar surface area (TPSA) is 76.1 Å². The van der Waals surface area contributed by atoms with Gasteiger partial charge < -0.3 is 14.6 Å². The van der Waals surface area contributed by atoms with Gasteiger partial charge in [-0.1, -0.05) is 30.3 Å². The van der Waals surface area contributed by atoms with Gasteiger partial charge in [0.05, 0.1) is 13.7 Å². The summed E-state index contributed by atoms with van der Waals surface area (Å²) in [7, 11) is 1.26. The average Bonchev–Trinajstić information content (AvgIpc) is 2.85. The molecule has 6 heteroatoms. The lowest BCUT2D eigenvalue weighted by Crippen LogP contribution is -2.44. The molecule has 23 heavy (non-hydrogen) atoms. The average molecular weight is 321 g/mol. The van der Waals surface area contributed by atoms with Gasteiger partial charge in [0.2, 0.25) is 0 Å². The Hall–Kier alpha value is -2.08. The zero-order chi connectivity index (χ0) is 17.3. The highest BCUT2D eigenvalue weighted by Gasteiger charge is 2.50. The third-order valence-corrected chi connectivity index (χ3v) is 3.75. The van der Waals surface area contributed by atoms with E-state index in [2.05, 4.69) is 0 Å². The molecule has 1 aliphatic heterocycles. The van der Waals surface area contributed by atoms with Crippen molar-refractivity contribution in [3.8, 4) is 0 Å². The summed E-state index contributed by atoms with van der Waals surface area (Å²) in [6.07, 6.45) is -0.567. The molecule has 2 atom stereocenters. The Labute approximate surface area is 136 Å². The molecule has 1 aromatic carbocycles. The van der Waals surface area contributed by atoms with E-state index in [1.54, 1.807) is 45.0 Å². The Kier molecular flexibility index (Phi) is 4.66. The third-order valence-electron chi connectivity index (χ3n) is 3.75. The number of nitrogens with zero attached hydrogens (tertiary/aromatic N) is 1. The fourth-order valence-corrected chi connectivity index (χ4v) is 2.70. The molecule has 0 aliphatic carbocycles. The van der Waals surface area contributed by atoms with Crippen LogP contribution in [0, 0.1) is 0 Å². The number of benzene rings is 1. The summed E-state index contributed by atoms with van der Waals surface area (Å²) in [4.78, 5) is 25.7. The van der Waals surface area contributed by atoms with Crippen LogP contribution in [-0.4, -0.2) is 47.4 Å². The molecule has 0 bridgehead atoms. The van der Waals surface area contributed by atoms with Gasteiger partial charge in [0.15, 0.2) is 0 Å². The Morgan fingerprint density at radius 2 is 1.87 bits per heavy atom. The van der Waals surface area contributed by atoms with Crippen molar-refractivity contribution in [1.82, 2.24) is 4.90 Å². The minimum atomic E-state index is -1.31. The molecule has 0 spiro atoms. The SMILES string of the molecule is COC(=O)[C@@H]1CC(O)(c2ccccc2)CN1C(=O)OC(C)(C)C. The number of rotatable bonds is 2. The highest BCUT2D eigenvalue weighted by Crippen LogP contribution is 2.37. The Morgan fingerprint density at radius 1 is 1.26 bits per heavy atom. The van der Waals surface area contributed by atoms with Crippen molar-refractivity contribution >= 4 is 12.1 Å². The van der Waals surface area contributed by atoms with E-state index in [1.807, 2.05) is 6.07 Å². The molecule has 2 rings (SSSR count). The molecular weight excluding hydrogens is 298 g/mol. The number of likely N-dealkylation sites (tertiary alicyclic amines) is 1. The molecule has 126 valence electrons. The van der Waals surface area contributed by atoms with E-state index in [1.165, 1.54) is 12.0 Å². The van der Waals surface area contributed by atoms with Gasteiger partial charge in [-0.15, -0.1) is 0 Å². The van der Waals surface area contributed by atoms with Crippen molar-refractivity contribution in [3.05, 3.63) is 35.9 Å². The number of hydrogen-bond acceptors (Lipinski definition) is 5. The summed E-state index contributed by atoms with van der Waals surface area (Å²) in [5, 5.41) is 10.9. The molecule has 1 aromatic rings. The lowest BCUT2D eigenvalue weighted by atomic mass is 9.91. The Balaban J connectivity index is 2.29. The summed E-state index contributed by atoms with van der Waals surface area (Å²) in [6, 6.07) is 8.11. The zero-order valence-corrected chi connectivity index (χ0v) is 13.9. The van der Waals surface area contributed by atoms with Gasteiger partial charge in [0, 0.05) is 6.42 Å². The largest absolute Gasteiger partial charge is 0.467 e. The van der Waals surface area contributed by atoms with Crippen molar-refractivity contribution in [3.63, 3.8) is 0 Å². The van der Waals surface area contributed by atoms with Crippen LogP contribution in [0.1, 0.15) is 32.8 Å². The second-order valence-corrected chi connectivity index (χ2v) is 6.75. The van der Waals surface area contributed by atoms with E-state index in [-0.39, 0.29) is 13.0 Å². The van der Waals surface area contributed by atoms with Crippen molar-refractivity contribution in [2.75, 3.05) is 13.7 Å². The second kappa shape index (κ2) is 6.20. The van der Waals surface area contributed by atoms with Crippen LogP contribution in [-0.2, 0) is 19.9 Å². The van der Waals surface area contributed by atoms with Gasteiger partial charge in [-0.2, -0.15) is 0 Å².